The highest BCUT2D eigenvalue weighted by molar-refractivity contribution is 5.84. The first-order chi connectivity index (χ1) is 14.0. The van der Waals surface area contributed by atoms with Crippen LogP contribution in [0.25, 0.3) is 0 Å². The molecule has 150 valence electrons. The predicted octanol–water partition coefficient (Wildman–Crippen LogP) is 1.44. The molecule has 1 aliphatic heterocycles. The van der Waals surface area contributed by atoms with Gasteiger partial charge in [-0.1, -0.05) is 0 Å². The Labute approximate surface area is 164 Å². The molecule has 1 fully saturated rings. The van der Waals surface area contributed by atoms with Crippen LogP contribution in [0.4, 0.5) is 16.0 Å². The average molecular weight is 399 g/mol. The number of carbonyl (C=O) groups is 1. The van der Waals surface area contributed by atoms with E-state index in [4.69, 9.17) is 9.52 Å². The summed E-state index contributed by atoms with van der Waals surface area (Å²) in [5.74, 6) is -0.959. The fourth-order valence-corrected chi connectivity index (χ4v) is 3.17. The number of aromatic nitrogens is 3. The smallest absolute Gasteiger partial charge is 0.371 e. The van der Waals surface area contributed by atoms with Gasteiger partial charge in [-0.05, 0) is 36.4 Å². The normalized spacial score (nSPS) is 14.2. The molecule has 0 aliphatic carbocycles. The third-order valence-corrected chi connectivity index (χ3v) is 4.71. The third kappa shape index (κ3) is 4.10. The first-order valence-electron chi connectivity index (χ1n) is 9.00. The van der Waals surface area contributed by atoms with Crippen molar-refractivity contribution in [2.75, 3.05) is 36.0 Å². The van der Waals surface area contributed by atoms with Crippen molar-refractivity contribution < 1.29 is 18.7 Å². The molecule has 0 atom stereocenters. The van der Waals surface area contributed by atoms with Crippen LogP contribution in [-0.4, -0.2) is 51.8 Å². The first-order valence-corrected chi connectivity index (χ1v) is 9.00. The van der Waals surface area contributed by atoms with Crippen molar-refractivity contribution in [3.8, 4) is 0 Å². The Morgan fingerprint density at radius 2 is 1.76 bits per heavy atom. The lowest BCUT2D eigenvalue weighted by Crippen LogP contribution is -2.47. The van der Waals surface area contributed by atoms with Gasteiger partial charge in [0.2, 0.25) is 11.7 Å². The molecule has 2 aromatic heterocycles. The van der Waals surface area contributed by atoms with E-state index in [9.17, 15) is 14.0 Å². The molecular formula is C19H18FN5O4. The van der Waals surface area contributed by atoms with E-state index in [0.29, 0.717) is 37.9 Å². The van der Waals surface area contributed by atoms with Crippen LogP contribution in [0.2, 0.25) is 0 Å². The van der Waals surface area contributed by atoms with E-state index in [0.717, 1.165) is 5.69 Å². The van der Waals surface area contributed by atoms with Gasteiger partial charge in [0.05, 0.1) is 6.54 Å². The van der Waals surface area contributed by atoms with E-state index in [1.165, 1.54) is 35.2 Å². The fraction of sp³-hybridized carbons (Fsp3) is 0.263. The number of hydrogen-bond donors (Lipinski definition) is 1. The van der Waals surface area contributed by atoms with Gasteiger partial charge in [-0.2, -0.15) is 4.98 Å². The molecule has 1 saturated heterocycles. The number of nitrogens with zero attached hydrogens (tertiary/aromatic N) is 5. The van der Waals surface area contributed by atoms with Crippen LogP contribution < -0.4 is 15.5 Å². The van der Waals surface area contributed by atoms with Crippen molar-refractivity contribution in [1.29, 1.82) is 0 Å². The Morgan fingerprint density at radius 1 is 1.07 bits per heavy atom. The molecule has 0 bridgehead atoms. The highest BCUT2D eigenvalue weighted by atomic mass is 19.1. The molecule has 0 amide bonds. The summed E-state index contributed by atoms with van der Waals surface area (Å²) < 4.78 is 19.5. The summed E-state index contributed by atoms with van der Waals surface area (Å²) in [4.78, 5) is 35.5. The second-order valence-corrected chi connectivity index (χ2v) is 6.59. The molecule has 0 unspecified atom stereocenters. The summed E-state index contributed by atoms with van der Waals surface area (Å²) >= 11 is 0. The number of piperazine rings is 1. The van der Waals surface area contributed by atoms with Gasteiger partial charge in [0.25, 0.3) is 0 Å². The summed E-state index contributed by atoms with van der Waals surface area (Å²) in [5, 5.41) is 8.89. The summed E-state index contributed by atoms with van der Waals surface area (Å²) in [7, 11) is 0. The van der Waals surface area contributed by atoms with Crippen LogP contribution in [0.3, 0.4) is 0 Å². The zero-order valence-electron chi connectivity index (χ0n) is 15.4. The molecule has 1 aliphatic rings. The number of carboxylic acid groups (broad SMARTS) is 1. The molecule has 1 N–H and O–H groups in total. The summed E-state index contributed by atoms with van der Waals surface area (Å²) in [6.45, 7) is 2.69. The molecule has 10 heteroatoms. The number of halogens is 1. The summed E-state index contributed by atoms with van der Waals surface area (Å²) in [6.07, 6.45) is 1.37. The van der Waals surface area contributed by atoms with Crippen molar-refractivity contribution in [1.82, 2.24) is 14.5 Å². The van der Waals surface area contributed by atoms with Crippen LogP contribution in [0.15, 0.2) is 51.9 Å². The van der Waals surface area contributed by atoms with Gasteiger partial charge in [0.15, 0.2) is 0 Å². The molecule has 29 heavy (non-hydrogen) atoms. The zero-order chi connectivity index (χ0) is 20.4. The van der Waals surface area contributed by atoms with Crippen LogP contribution in [0.1, 0.15) is 16.3 Å². The Balaban J connectivity index is 1.41. The van der Waals surface area contributed by atoms with Gasteiger partial charge in [0.1, 0.15) is 17.9 Å². The minimum absolute atomic E-state index is 0.0464. The number of anilines is 2. The van der Waals surface area contributed by atoms with E-state index >= 15 is 0 Å². The maximum atomic E-state index is 13.1. The first kappa shape index (κ1) is 18.7. The van der Waals surface area contributed by atoms with E-state index in [2.05, 4.69) is 14.9 Å². The topological polar surface area (TPSA) is 105 Å². The quantitative estimate of drug-likeness (QED) is 0.687. The molecule has 0 saturated carbocycles. The monoisotopic (exact) mass is 399 g/mol. The maximum Gasteiger partial charge on any atom is 0.371 e. The second-order valence-electron chi connectivity index (χ2n) is 6.59. The fourth-order valence-electron chi connectivity index (χ4n) is 3.17. The maximum absolute atomic E-state index is 13.1. The number of aromatic carboxylic acids is 1. The Hall–Kier alpha value is -3.69. The number of benzene rings is 1. The molecule has 0 radical (unpaired) electrons. The lowest BCUT2D eigenvalue weighted by Gasteiger charge is -2.36. The highest BCUT2D eigenvalue weighted by Gasteiger charge is 2.20. The highest BCUT2D eigenvalue weighted by Crippen LogP contribution is 2.18. The van der Waals surface area contributed by atoms with E-state index in [1.54, 1.807) is 12.1 Å². The van der Waals surface area contributed by atoms with Crippen molar-refractivity contribution >= 4 is 17.6 Å². The van der Waals surface area contributed by atoms with Gasteiger partial charge in [-0.3, -0.25) is 4.57 Å². The molecular weight excluding hydrogens is 381 g/mol. The Morgan fingerprint density at radius 3 is 2.38 bits per heavy atom. The van der Waals surface area contributed by atoms with Crippen LogP contribution >= 0.6 is 0 Å². The van der Waals surface area contributed by atoms with Crippen LogP contribution in [0, 0.1) is 5.82 Å². The zero-order valence-corrected chi connectivity index (χ0v) is 15.4. The van der Waals surface area contributed by atoms with E-state index < -0.39 is 11.7 Å². The van der Waals surface area contributed by atoms with Crippen molar-refractivity contribution in [2.45, 2.75) is 6.54 Å². The number of rotatable bonds is 5. The van der Waals surface area contributed by atoms with Gasteiger partial charge in [0, 0.05) is 31.9 Å². The average Bonchev–Trinajstić information content (AvgIpc) is 3.19. The number of furan rings is 1. The summed E-state index contributed by atoms with van der Waals surface area (Å²) in [6, 6.07) is 9.18. The predicted molar refractivity (Wildman–Crippen MR) is 102 cm³/mol. The molecule has 4 rings (SSSR count). The van der Waals surface area contributed by atoms with Gasteiger partial charge >= 0.3 is 11.7 Å². The molecule has 0 spiro atoms. The van der Waals surface area contributed by atoms with E-state index in [-0.39, 0.29) is 18.1 Å². The second kappa shape index (κ2) is 7.74. The Bertz CT molecular complexity index is 1070. The molecule has 3 heterocycles. The van der Waals surface area contributed by atoms with Crippen LogP contribution in [0.5, 0.6) is 0 Å². The lowest BCUT2D eigenvalue weighted by atomic mass is 10.2. The van der Waals surface area contributed by atoms with Gasteiger partial charge in [-0.15, -0.1) is 0 Å². The SMILES string of the molecule is O=C(O)c1ccc(Cn2cnc(N3CCN(c4ccc(F)cc4)CC3)nc2=O)o1. The minimum atomic E-state index is -1.17. The van der Waals surface area contributed by atoms with Gasteiger partial charge in [-0.25, -0.2) is 19.0 Å². The summed E-state index contributed by atoms with van der Waals surface area (Å²) in [5.41, 5.74) is 0.450. The molecule has 1 aromatic carbocycles. The molecule has 9 nitrogen and oxygen atoms in total. The van der Waals surface area contributed by atoms with Crippen LogP contribution in [-0.2, 0) is 6.54 Å². The van der Waals surface area contributed by atoms with Crippen molar-refractivity contribution in [3.63, 3.8) is 0 Å². The number of carboxylic acids is 1. The largest absolute Gasteiger partial charge is 0.475 e. The number of hydrogen-bond acceptors (Lipinski definition) is 7. The van der Waals surface area contributed by atoms with Crippen molar-refractivity contribution in [2.24, 2.45) is 0 Å². The van der Waals surface area contributed by atoms with Gasteiger partial charge < -0.3 is 19.3 Å². The lowest BCUT2D eigenvalue weighted by molar-refractivity contribution is 0.0660. The minimum Gasteiger partial charge on any atom is -0.475 e. The van der Waals surface area contributed by atoms with E-state index in [1.807, 2.05) is 4.90 Å². The molecule has 3 aromatic rings. The Kier molecular flexibility index (Phi) is 4.98. The third-order valence-electron chi connectivity index (χ3n) is 4.71. The standard InChI is InChI=1S/C19H18FN5O4/c20-13-1-3-14(4-2-13)23-7-9-24(10-8-23)18-21-12-25(19(28)22-18)11-15-5-6-16(29-15)17(26)27/h1-6,12H,7-11H2,(H,26,27). The van der Waals surface area contributed by atoms with Crippen molar-refractivity contribution in [3.05, 3.63) is 70.5 Å².